The monoisotopic (exact) mass is 316 g/mol. The van der Waals surface area contributed by atoms with Crippen molar-refractivity contribution in [1.82, 2.24) is 10.2 Å². The number of piperazine rings is 1. The summed E-state index contributed by atoms with van der Waals surface area (Å²) in [6, 6.07) is 0. The van der Waals surface area contributed by atoms with Crippen LogP contribution in [0.25, 0.3) is 0 Å². The van der Waals surface area contributed by atoms with Crippen molar-refractivity contribution in [2.24, 2.45) is 0 Å². The minimum absolute atomic E-state index is 0.0805. The predicted molar refractivity (Wildman–Crippen MR) is 79.5 cm³/mol. The zero-order valence-corrected chi connectivity index (χ0v) is 13.8. The van der Waals surface area contributed by atoms with Gasteiger partial charge in [0.25, 0.3) is 0 Å². The van der Waals surface area contributed by atoms with E-state index in [2.05, 4.69) is 5.32 Å². The number of amides is 2. The molecule has 1 heterocycles. The van der Waals surface area contributed by atoms with Crippen LogP contribution < -0.4 is 5.32 Å². The first kappa shape index (κ1) is 16.3. The zero-order chi connectivity index (χ0) is 15.9. The van der Waals surface area contributed by atoms with E-state index in [1.807, 2.05) is 6.92 Å². The highest BCUT2D eigenvalue weighted by Gasteiger charge is 2.56. The van der Waals surface area contributed by atoms with Crippen molar-refractivity contribution in [1.29, 1.82) is 0 Å². The van der Waals surface area contributed by atoms with Crippen LogP contribution in [0.4, 0.5) is 0 Å². The van der Waals surface area contributed by atoms with Crippen molar-refractivity contribution in [3.63, 3.8) is 0 Å². The molecule has 21 heavy (non-hydrogen) atoms. The fraction of sp³-hybridized carbons (Fsp3) is 0.857. The van der Waals surface area contributed by atoms with Crippen molar-refractivity contribution in [2.45, 2.75) is 57.0 Å². The molecule has 0 aromatic heterocycles. The number of hydrogen-bond donors (Lipinski definition) is 1. The van der Waals surface area contributed by atoms with Gasteiger partial charge in [0.1, 0.15) is 20.9 Å². The van der Waals surface area contributed by atoms with E-state index in [-0.39, 0.29) is 24.1 Å². The number of rotatable bonds is 4. The first-order valence-electron chi connectivity index (χ1n) is 7.47. The third-order valence-electron chi connectivity index (χ3n) is 4.92. The second-order valence-electron chi connectivity index (χ2n) is 6.46. The van der Waals surface area contributed by atoms with Crippen molar-refractivity contribution >= 4 is 21.7 Å². The number of sulfone groups is 1. The van der Waals surface area contributed by atoms with E-state index in [0.717, 1.165) is 19.1 Å². The van der Waals surface area contributed by atoms with Gasteiger partial charge >= 0.3 is 0 Å². The molecule has 2 rings (SSSR count). The molecule has 0 bridgehead atoms. The van der Waals surface area contributed by atoms with E-state index in [4.69, 9.17) is 0 Å². The van der Waals surface area contributed by atoms with Gasteiger partial charge in [0.15, 0.2) is 0 Å². The summed E-state index contributed by atoms with van der Waals surface area (Å²) < 4.78 is 22.9. The van der Waals surface area contributed by atoms with Crippen molar-refractivity contribution < 1.29 is 18.0 Å². The van der Waals surface area contributed by atoms with E-state index in [1.54, 1.807) is 6.92 Å². The fourth-order valence-corrected chi connectivity index (χ4v) is 3.80. The van der Waals surface area contributed by atoms with Crippen LogP contribution in [0.2, 0.25) is 0 Å². The summed E-state index contributed by atoms with van der Waals surface area (Å²) in [6.45, 7) is 3.63. The van der Waals surface area contributed by atoms with Gasteiger partial charge in [0.05, 0.1) is 5.75 Å². The molecular weight excluding hydrogens is 292 g/mol. The molecule has 1 saturated carbocycles. The van der Waals surface area contributed by atoms with Gasteiger partial charge in [-0.05, 0) is 26.2 Å². The molecule has 0 aromatic rings. The molecule has 6 nitrogen and oxygen atoms in total. The molecule has 1 aliphatic carbocycles. The van der Waals surface area contributed by atoms with Crippen LogP contribution in [0.5, 0.6) is 0 Å². The van der Waals surface area contributed by atoms with Crippen LogP contribution in [0.15, 0.2) is 0 Å². The summed E-state index contributed by atoms with van der Waals surface area (Å²) in [6.07, 6.45) is 4.73. The summed E-state index contributed by atoms with van der Waals surface area (Å²) in [5.41, 5.74) is -1.76. The van der Waals surface area contributed by atoms with Crippen LogP contribution in [-0.2, 0) is 19.4 Å². The van der Waals surface area contributed by atoms with Crippen LogP contribution in [0, 0.1) is 0 Å². The molecule has 0 radical (unpaired) electrons. The molecule has 1 N–H and O–H groups in total. The second-order valence-corrected chi connectivity index (χ2v) is 8.72. The Morgan fingerprint density at radius 3 is 2.29 bits per heavy atom. The Kier molecular flexibility index (Phi) is 4.08. The summed E-state index contributed by atoms with van der Waals surface area (Å²) in [5, 5.41) is 2.93. The molecule has 0 aromatic carbocycles. The van der Waals surface area contributed by atoms with Gasteiger partial charge in [-0.3, -0.25) is 9.59 Å². The number of hydrogen-bond acceptors (Lipinski definition) is 4. The lowest BCUT2D eigenvalue weighted by Gasteiger charge is -2.50. The Hall–Kier alpha value is -1.11. The molecule has 2 aliphatic rings. The third-order valence-corrected chi connectivity index (χ3v) is 5.85. The first-order valence-corrected chi connectivity index (χ1v) is 9.53. The molecule has 1 aliphatic heterocycles. The highest BCUT2D eigenvalue weighted by molar-refractivity contribution is 7.90. The quantitative estimate of drug-likeness (QED) is 0.817. The normalized spacial score (nSPS) is 29.0. The highest BCUT2D eigenvalue weighted by atomic mass is 32.2. The minimum Gasteiger partial charge on any atom is -0.340 e. The number of nitrogens with zero attached hydrogens (tertiary/aromatic N) is 1. The van der Waals surface area contributed by atoms with Gasteiger partial charge in [0, 0.05) is 12.8 Å². The fourth-order valence-electron chi connectivity index (χ4n) is 3.28. The summed E-state index contributed by atoms with van der Waals surface area (Å²) in [4.78, 5) is 26.9. The van der Waals surface area contributed by atoms with Gasteiger partial charge in [-0.1, -0.05) is 19.8 Å². The van der Waals surface area contributed by atoms with Crippen molar-refractivity contribution in [2.75, 3.05) is 18.6 Å². The maximum Gasteiger partial charge on any atom is 0.249 e. The average molecular weight is 316 g/mol. The number of carbonyl (C=O) groups is 2. The lowest BCUT2D eigenvalue weighted by atomic mass is 9.83. The Morgan fingerprint density at radius 1 is 1.24 bits per heavy atom. The van der Waals surface area contributed by atoms with Gasteiger partial charge in [0.2, 0.25) is 11.8 Å². The SMILES string of the molecule is CCC1(C)C(=O)NC2(CCCC2)C(=O)N1CCS(C)(=O)=O. The molecular formula is C14H24N2O4S. The Labute approximate surface area is 126 Å². The number of carbonyl (C=O) groups excluding carboxylic acids is 2. The Morgan fingerprint density at radius 2 is 1.81 bits per heavy atom. The molecule has 7 heteroatoms. The van der Waals surface area contributed by atoms with E-state index in [9.17, 15) is 18.0 Å². The van der Waals surface area contributed by atoms with E-state index in [1.165, 1.54) is 4.90 Å². The van der Waals surface area contributed by atoms with Gasteiger partial charge < -0.3 is 10.2 Å². The summed E-state index contributed by atoms with van der Waals surface area (Å²) in [7, 11) is -3.18. The Bertz CT molecular complexity index is 551. The summed E-state index contributed by atoms with van der Waals surface area (Å²) in [5.74, 6) is -0.398. The lowest BCUT2D eigenvalue weighted by molar-refractivity contribution is -0.161. The minimum atomic E-state index is -3.18. The van der Waals surface area contributed by atoms with Crippen LogP contribution in [0.3, 0.4) is 0 Å². The second kappa shape index (κ2) is 5.26. The zero-order valence-electron chi connectivity index (χ0n) is 12.9. The molecule has 1 spiro atoms. The van der Waals surface area contributed by atoms with Gasteiger partial charge in [-0.15, -0.1) is 0 Å². The predicted octanol–water partition coefficient (Wildman–Crippen LogP) is 0.471. The topological polar surface area (TPSA) is 83.6 Å². The smallest absolute Gasteiger partial charge is 0.249 e. The molecule has 2 amide bonds. The maximum atomic E-state index is 12.9. The van der Waals surface area contributed by atoms with E-state index >= 15 is 0 Å². The maximum absolute atomic E-state index is 12.9. The molecule has 1 atom stereocenters. The van der Waals surface area contributed by atoms with E-state index < -0.39 is 20.9 Å². The van der Waals surface area contributed by atoms with Gasteiger partial charge in [-0.25, -0.2) is 8.42 Å². The largest absolute Gasteiger partial charge is 0.340 e. The van der Waals surface area contributed by atoms with E-state index in [0.29, 0.717) is 19.3 Å². The molecule has 2 fully saturated rings. The first-order chi connectivity index (χ1) is 9.65. The summed E-state index contributed by atoms with van der Waals surface area (Å²) >= 11 is 0. The van der Waals surface area contributed by atoms with Crippen LogP contribution in [-0.4, -0.2) is 54.8 Å². The molecule has 1 unspecified atom stereocenters. The van der Waals surface area contributed by atoms with Crippen molar-refractivity contribution in [3.05, 3.63) is 0 Å². The average Bonchev–Trinajstić information content (AvgIpc) is 2.85. The standard InChI is InChI=1S/C14H24N2O4S/c1-4-13(2)11(17)15-14(7-5-6-8-14)12(18)16(13)9-10-21(3,19)20/h4-10H2,1-3H3,(H,15,17). The van der Waals surface area contributed by atoms with Crippen molar-refractivity contribution in [3.8, 4) is 0 Å². The number of nitrogens with one attached hydrogen (secondary N) is 1. The lowest BCUT2D eigenvalue weighted by Crippen LogP contribution is -2.74. The highest BCUT2D eigenvalue weighted by Crippen LogP contribution is 2.38. The molecule has 120 valence electrons. The third kappa shape index (κ3) is 2.80. The Balaban J connectivity index is 2.33. The molecule has 1 saturated heterocycles. The van der Waals surface area contributed by atoms with Crippen LogP contribution >= 0.6 is 0 Å². The van der Waals surface area contributed by atoms with Crippen LogP contribution in [0.1, 0.15) is 46.0 Å². The van der Waals surface area contributed by atoms with Gasteiger partial charge in [-0.2, -0.15) is 0 Å².